The quantitative estimate of drug-likeness (QED) is 0.497. The van der Waals surface area contributed by atoms with Gasteiger partial charge in [-0.2, -0.15) is 0 Å². The molecular formula is C28H28ClN3O4. The SMILES string of the molecule is CC(C)(C)OC(=O)Nc1ccc(CN2C(=O)c3ccc(Cl)cc3CC(=O)[C@H]2Cc2ccccn2)cc1. The Balaban J connectivity index is 1.60. The average molecular weight is 506 g/mol. The molecule has 0 fully saturated rings. The maximum absolute atomic E-state index is 13.7. The normalized spacial score (nSPS) is 15.8. The van der Waals surface area contributed by atoms with E-state index in [0.29, 0.717) is 28.3 Å². The van der Waals surface area contributed by atoms with Crippen molar-refractivity contribution in [2.24, 2.45) is 0 Å². The molecule has 1 aromatic heterocycles. The molecule has 2 amide bonds. The van der Waals surface area contributed by atoms with Gasteiger partial charge in [0.2, 0.25) is 0 Å². The maximum Gasteiger partial charge on any atom is 0.412 e. The minimum absolute atomic E-state index is 0.0711. The van der Waals surface area contributed by atoms with Crippen LogP contribution < -0.4 is 5.32 Å². The number of nitrogens with one attached hydrogen (secondary N) is 1. The van der Waals surface area contributed by atoms with E-state index < -0.39 is 17.7 Å². The number of ether oxygens (including phenoxy) is 1. The minimum Gasteiger partial charge on any atom is -0.444 e. The summed E-state index contributed by atoms with van der Waals surface area (Å²) in [5.41, 5.74) is 2.61. The summed E-state index contributed by atoms with van der Waals surface area (Å²) in [7, 11) is 0. The Bertz CT molecular complexity index is 1270. The first-order valence-corrected chi connectivity index (χ1v) is 12.1. The molecule has 186 valence electrons. The lowest BCUT2D eigenvalue weighted by atomic mass is 9.99. The van der Waals surface area contributed by atoms with Gasteiger partial charge >= 0.3 is 6.09 Å². The van der Waals surface area contributed by atoms with Crippen LogP contribution in [-0.2, 0) is 28.9 Å². The number of ketones is 1. The Hall–Kier alpha value is -3.71. The van der Waals surface area contributed by atoms with Gasteiger partial charge < -0.3 is 9.64 Å². The number of Topliss-reactive ketones (excluding diaryl/α,β-unsaturated/α-hetero) is 1. The van der Waals surface area contributed by atoms with Crippen LogP contribution in [0.1, 0.15) is 48.0 Å². The first-order chi connectivity index (χ1) is 17.1. The fraction of sp³-hybridized carbons (Fsp3) is 0.286. The van der Waals surface area contributed by atoms with Crippen molar-refractivity contribution in [2.75, 3.05) is 5.32 Å². The van der Waals surface area contributed by atoms with Crippen LogP contribution in [-0.4, -0.2) is 39.3 Å². The number of hydrogen-bond donors (Lipinski definition) is 1. The number of hydrogen-bond acceptors (Lipinski definition) is 5. The van der Waals surface area contributed by atoms with Crippen molar-refractivity contribution in [3.8, 4) is 0 Å². The van der Waals surface area contributed by atoms with Crippen LogP contribution in [0.25, 0.3) is 0 Å². The van der Waals surface area contributed by atoms with Crippen LogP contribution in [0.15, 0.2) is 66.9 Å². The number of nitrogens with zero attached hydrogens (tertiary/aromatic N) is 2. The zero-order valence-corrected chi connectivity index (χ0v) is 21.2. The third-order valence-corrected chi connectivity index (χ3v) is 5.99. The van der Waals surface area contributed by atoms with Crippen LogP contribution in [0, 0.1) is 0 Å². The van der Waals surface area contributed by atoms with Crippen molar-refractivity contribution in [3.63, 3.8) is 0 Å². The highest BCUT2D eigenvalue weighted by atomic mass is 35.5. The first-order valence-electron chi connectivity index (χ1n) is 11.7. The van der Waals surface area contributed by atoms with Gasteiger partial charge in [-0.05, 0) is 74.4 Å². The zero-order chi connectivity index (χ0) is 25.9. The molecule has 0 radical (unpaired) electrons. The fourth-order valence-corrected chi connectivity index (χ4v) is 4.32. The number of benzene rings is 2. The number of pyridine rings is 1. The summed E-state index contributed by atoms with van der Waals surface area (Å²) in [5.74, 6) is -0.303. The molecular weight excluding hydrogens is 478 g/mol. The van der Waals surface area contributed by atoms with Gasteiger partial charge in [0.25, 0.3) is 5.91 Å². The lowest BCUT2D eigenvalue weighted by Crippen LogP contribution is -2.44. The molecule has 4 rings (SSSR count). The van der Waals surface area contributed by atoms with Crippen LogP contribution >= 0.6 is 11.6 Å². The molecule has 2 heterocycles. The summed E-state index contributed by atoms with van der Waals surface area (Å²) in [6.45, 7) is 5.60. The Kier molecular flexibility index (Phi) is 7.40. The Labute approximate surface area is 215 Å². The maximum atomic E-state index is 13.7. The fourth-order valence-electron chi connectivity index (χ4n) is 4.13. The molecule has 0 aliphatic carbocycles. The van der Waals surface area contributed by atoms with Gasteiger partial charge in [-0.1, -0.05) is 29.8 Å². The van der Waals surface area contributed by atoms with Crippen molar-refractivity contribution < 1.29 is 19.1 Å². The van der Waals surface area contributed by atoms with E-state index in [2.05, 4.69) is 10.3 Å². The van der Waals surface area contributed by atoms with Crippen LogP contribution in [0.3, 0.4) is 0 Å². The summed E-state index contributed by atoms with van der Waals surface area (Å²) in [4.78, 5) is 45.1. The van der Waals surface area contributed by atoms with Crippen LogP contribution in [0.2, 0.25) is 5.02 Å². The zero-order valence-electron chi connectivity index (χ0n) is 20.5. The molecule has 0 spiro atoms. The molecule has 1 aliphatic heterocycles. The summed E-state index contributed by atoms with van der Waals surface area (Å²) < 4.78 is 5.29. The van der Waals surface area contributed by atoms with Crippen LogP contribution in [0.4, 0.5) is 10.5 Å². The molecule has 8 heteroatoms. The van der Waals surface area contributed by atoms with Gasteiger partial charge in [0.1, 0.15) is 5.60 Å². The number of carbonyl (C=O) groups is 3. The average Bonchev–Trinajstić information content (AvgIpc) is 2.89. The van der Waals surface area contributed by atoms with Gasteiger partial charge in [-0.15, -0.1) is 0 Å². The van der Waals surface area contributed by atoms with Crippen LogP contribution in [0.5, 0.6) is 0 Å². The standard InChI is InChI=1S/C28H28ClN3O4/c1-28(2,3)36-27(35)31-21-10-7-18(8-11-21)17-32-24(16-22-6-4-5-13-30-22)25(33)15-19-14-20(29)9-12-23(19)26(32)34/h4-14,24H,15-17H2,1-3H3,(H,31,35)/t24-/m1/s1. The number of aromatic nitrogens is 1. The smallest absolute Gasteiger partial charge is 0.412 e. The van der Waals surface area contributed by atoms with Crippen molar-refractivity contribution in [2.45, 2.75) is 51.8 Å². The second-order valence-electron chi connectivity index (χ2n) is 9.74. The molecule has 0 unspecified atom stereocenters. The summed E-state index contributed by atoms with van der Waals surface area (Å²) >= 11 is 6.16. The van der Waals surface area contributed by atoms with E-state index in [1.54, 1.807) is 62.2 Å². The topological polar surface area (TPSA) is 88.6 Å². The predicted octanol–water partition coefficient (Wildman–Crippen LogP) is 5.46. The highest BCUT2D eigenvalue weighted by Crippen LogP contribution is 2.27. The summed E-state index contributed by atoms with van der Waals surface area (Å²) in [6, 6.07) is 17.0. The Morgan fingerprint density at radius 3 is 2.53 bits per heavy atom. The predicted molar refractivity (Wildman–Crippen MR) is 138 cm³/mol. The molecule has 36 heavy (non-hydrogen) atoms. The van der Waals surface area contributed by atoms with Gasteiger partial charge in [0.15, 0.2) is 5.78 Å². The number of rotatable bonds is 5. The van der Waals surface area contributed by atoms with E-state index >= 15 is 0 Å². The molecule has 1 atom stereocenters. The monoisotopic (exact) mass is 505 g/mol. The molecule has 0 saturated heterocycles. The molecule has 0 saturated carbocycles. The van der Waals surface area contributed by atoms with E-state index in [1.807, 2.05) is 30.3 Å². The number of fused-ring (bicyclic) bond motifs is 1. The van der Waals surface area contributed by atoms with Crippen molar-refractivity contribution in [1.82, 2.24) is 9.88 Å². The largest absolute Gasteiger partial charge is 0.444 e. The third-order valence-electron chi connectivity index (χ3n) is 5.75. The molecule has 7 nitrogen and oxygen atoms in total. The van der Waals surface area contributed by atoms with E-state index in [0.717, 1.165) is 11.3 Å². The summed E-state index contributed by atoms with van der Waals surface area (Å²) in [6.07, 6.45) is 1.56. The van der Waals surface area contributed by atoms with Crippen molar-refractivity contribution in [1.29, 1.82) is 0 Å². The molecule has 1 aliphatic rings. The molecule has 1 N–H and O–H groups in total. The van der Waals surface area contributed by atoms with Gasteiger partial charge in [-0.25, -0.2) is 4.79 Å². The van der Waals surface area contributed by atoms with Gasteiger partial charge in [0, 0.05) is 47.6 Å². The number of halogens is 1. The molecule has 0 bridgehead atoms. The van der Waals surface area contributed by atoms with Gasteiger partial charge in [-0.3, -0.25) is 19.9 Å². The lowest BCUT2D eigenvalue weighted by Gasteiger charge is -2.29. The van der Waals surface area contributed by atoms with Crippen molar-refractivity contribution in [3.05, 3.63) is 94.3 Å². The number of carbonyl (C=O) groups excluding carboxylic acids is 3. The third kappa shape index (κ3) is 6.29. The van der Waals surface area contributed by atoms with E-state index in [4.69, 9.17) is 16.3 Å². The first kappa shape index (κ1) is 25.4. The highest BCUT2D eigenvalue weighted by Gasteiger charge is 2.35. The van der Waals surface area contributed by atoms with E-state index in [1.165, 1.54) is 0 Å². The number of amides is 2. The minimum atomic E-state index is -0.682. The Morgan fingerprint density at radius 1 is 1.11 bits per heavy atom. The Morgan fingerprint density at radius 2 is 1.86 bits per heavy atom. The second-order valence-corrected chi connectivity index (χ2v) is 10.2. The van der Waals surface area contributed by atoms with Crippen molar-refractivity contribution >= 4 is 35.1 Å². The van der Waals surface area contributed by atoms with E-state index in [-0.39, 0.29) is 24.7 Å². The summed E-state index contributed by atoms with van der Waals surface area (Å²) in [5, 5.41) is 3.18. The second kappa shape index (κ2) is 10.5. The van der Waals surface area contributed by atoms with Gasteiger partial charge in [0.05, 0.1) is 6.04 Å². The van der Waals surface area contributed by atoms with E-state index in [9.17, 15) is 14.4 Å². The lowest BCUT2D eigenvalue weighted by molar-refractivity contribution is -0.122. The molecule has 3 aromatic rings. The highest BCUT2D eigenvalue weighted by molar-refractivity contribution is 6.30. The number of anilines is 1. The molecule has 2 aromatic carbocycles.